The van der Waals surface area contributed by atoms with Crippen LogP contribution in [-0.2, 0) is 4.79 Å². The van der Waals surface area contributed by atoms with Gasteiger partial charge in [-0.25, -0.2) is 4.98 Å². The van der Waals surface area contributed by atoms with Crippen LogP contribution in [0, 0.1) is 3.57 Å². The number of carbonyl (C=O) groups excluding carboxylic acids is 1. The van der Waals surface area contributed by atoms with Gasteiger partial charge in [-0.05, 0) is 46.9 Å². The summed E-state index contributed by atoms with van der Waals surface area (Å²) in [6.07, 6.45) is 0. The zero-order valence-corrected chi connectivity index (χ0v) is 15.8. The average molecular weight is 452 g/mol. The fourth-order valence-electron chi connectivity index (χ4n) is 1.92. The Kier molecular flexibility index (Phi) is 5.69. The highest BCUT2D eigenvalue weighted by atomic mass is 127. The Bertz CT molecular complexity index is 788. The van der Waals surface area contributed by atoms with Crippen LogP contribution in [0.4, 0.5) is 5.69 Å². The van der Waals surface area contributed by atoms with Crippen LogP contribution in [-0.4, -0.2) is 16.6 Å². The van der Waals surface area contributed by atoms with Gasteiger partial charge in [0.2, 0.25) is 5.91 Å². The zero-order chi connectivity index (χ0) is 16.1. The van der Waals surface area contributed by atoms with Gasteiger partial charge in [0.05, 0.1) is 11.4 Å². The molecule has 0 fully saturated rings. The van der Waals surface area contributed by atoms with E-state index in [4.69, 9.17) is 0 Å². The fourth-order valence-corrected chi connectivity index (χ4v) is 3.92. The van der Waals surface area contributed by atoms with Crippen LogP contribution < -0.4 is 5.32 Å². The molecule has 0 radical (unpaired) electrons. The molecule has 0 aliphatic rings. The molecule has 0 atom stereocenters. The summed E-state index contributed by atoms with van der Waals surface area (Å²) in [5, 5.41) is 4.91. The van der Waals surface area contributed by atoms with E-state index < -0.39 is 0 Å². The summed E-state index contributed by atoms with van der Waals surface area (Å²) in [5.74, 6) is 0.334. The van der Waals surface area contributed by atoms with Crippen molar-refractivity contribution in [1.82, 2.24) is 4.98 Å². The molecule has 0 unspecified atom stereocenters. The van der Waals surface area contributed by atoms with Gasteiger partial charge in [0.15, 0.2) is 4.34 Å². The second-order valence-electron chi connectivity index (χ2n) is 4.71. The number of aromatic nitrogens is 1. The Morgan fingerprint density at radius 3 is 2.61 bits per heavy atom. The van der Waals surface area contributed by atoms with Gasteiger partial charge in [0, 0.05) is 20.2 Å². The normalized spacial score (nSPS) is 10.5. The van der Waals surface area contributed by atoms with Crippen molar-refractivity contribution in [1.29, 1.82) is 0 Å². The highest BCUT2D eigenvalue weighted by molar-refractivity contribution is 14.1. The Hall–Kier alpha value is -1.38. The van der Waals surface area contributed by atoms with Crippen molar-refractivity contribution in [2.24, 2.45) is 0 Å². The van der Waals surface area contributed by atoms with Gasteiger partial charge < -0.3 is 5.32 Å². The van der Waals surface area contributed by atoms with Crippen LogP contribution in [0.3, 0.4) is 0 Å². The molecule has 2 aromatic carbocycles. The third kappa shape index (κ3) is 4.79. The third-order valence-electron chi connectivity index (χ3n) is 3.01. The topological polar surface area (TPSA) is 42.0 Å². The minimum Gasteiger partial charge on any atom is -0.325 e. The van der Waals surface area contributed by atoms with E-state index in [9.17, 15) is 4.79 Å². The predicted molar refractivity (Wildman–Crippen MR) is 106 cm³/mol. The second kappa shape index (κ2) is 7.94. The molecule has 3 rings (SSSR count). The van der Waals surface area contributed by atoms with Crippen molar-refractivity contribution in [2.45, 2.75) is 4.34 Å². The molecule has 1 N–H and O–H groups in total. The van der Waals surface area contributed by atoms with Gasteiger partial charge in [-0.15, -0.1) is 11.3 Å². The van der Waals surface area contributed by atoms with Crippen LogP contribution in [0.2, 0.25) is 0 Å². The van der Waals surface area contributed by atoms with Gasteiger partial charge in [-0.3, -0.25) is 4.79 Å². The maximum absolute atomic E-state index is 12.0. The monoisotopic (exact) mass is 452 g/mol. The lowest BCUT2D eigenvalue weighted by molar-refractivity contribution is -0.113. The molecule has 0 aliphatic carbocycles. The molecule has 0 aliphatic heterocycles. The van der Waals surface area contributed by atoms with Gasteiger partial charge in [0.1, 0.15) is 0 Å². The number of thioether (sulfide) groups is 1. The Morgan fingerprint density at radius 1 is 1.13 bits per heavy atom. The lowest BCUT2D eigenvalue weighted by Crippen LogP contribution is -2.13. The van der Waals surface area contributed by atoms with E-state index in [1.54, 1.807) is 11.3 Å². The first-order valence-electron chi connectivity index (χ1n) is 6.90. The number of thiazole rings is 1. The number of nitrogens with one attached hydrogen (secondary N) is 1. The highest BCUT2D eigenvalue weighted by Gasteiger charge is 2.08. The number of rotatable bonds is 5. The highest BCUT2D eigenvalue weighted by Crippen LogP contribution is 2.28. The van der Waals surface area contributed by atoms with E-state index in [1.165, 1.54) is 11.8 Å². The number of benzene rings is 2. The minimum atomic E-state index is -0.0207. The molecule has 23 heavy (non-hydrogen) atoms. The van der Waals surface area contributed by atoms with Crippen molar-refractivity contribution in [3.05, 3.63) is 63.5 Å². The molecule has 3 nitrogen and oxygen atoms in total. The Balaban J connectivity index is 1.55. The van der Waals surface area contributed by atoms with Crippen LogP contribution in [0.5, 0.6) is 0 Å². The van der Waals surface area contributed by atoms with Crippen molar-refractivity contribution >= 4 is 57.3 Å². The number of halogens is 1. The van der Waals surface area contributed by atoms with Crippen LogP contribution in [0.15, 0.2) is 64.3 Å². The van der Waals surface area contributed by atoms with Crippen LogP contribution >= 0.6 is 45.7 Å². The molecule has 1 aromatic heterocycles. The summed E-state index contributed by atoms with van der Waals surface area (Å²) in [7, 11) is 0. The smallest absolute Gasteiger partial charge is 0.234 e. The largest absolute Gasteiger partial charge is 0.325 e. The van der Waals surface area contributed by atoms with Crippen molar-refractivity contribution in [3.63, 3.8) is 0 Å². The summed E-state index contributed by atoms with van der Waals surface area (Å²) >= 11 is 5.26. The van der Waals surface area contributed by atoms with Gasteiger partial charge in [0.25, 0.3) is 0 Å². The summed E-state index contributed by atoms with van der Waals surface area (Å²) in [5.41, 5.74) is 2.87. The molecule has 3 aromatic rings. The number of nitrogens with zero attached hydrogens (tertiary/aromatic N) is 1. The molecular weight excluding hydrogens is 439 g/mol. The van der Waals surface area contributed by atoms with E-state index >= 15 is 0 Å². The van der Waals surface area contributed by atoms with E-state index in [-0.39, 0.29) is 5.91 Å². The summed E-state index contributed by atoms with van der Waals surface area (Å²) in [4.78, 5) is 16.6. The molecule has 1 heterocycles. The summed E-state index contributed by atoms with van der Waals surface area (Å²) < 4.78 is 2.05. The van der Waals surface area contributed by atoms with Crippen molar-refractivity contribution < 1.29 is 4.79 Å². The van der Waals surface area contributed by atoms with Crippen molar-refractivity contribution in [3.8, 4) is 11.3 Å². The molecule has 116 valence electrons. The zero-order valence-electron chi connectivity index (χ0n) is 12.0. The first-order chi connectivity index (χ1) is 11.2. The summed E-state index contributed by atoms with van der Waals surface area (Å²) in [6.45, 7) is 0. The Morgan fingerprint density at radius 2 is 1.87 bits per heavy atom. The quantitative estimate of drug-likeness (QED) is 0.430. The van der Waals surface area contributed by atoms with Gasteiger partial charge in [-0.2, -0.15) is 0 Å². The maximum atomic E-state index is 12.0. The van der Waals surface area contributed by atoms with Crippen LogP contribution in [0.25, 0.3) is 11.3 Å². The average Bonchev–Trinajstić information content (AvgIpc) is 3.05. The first-order valence-corrected chi connectivity index (χ1v) is 9.84. The molecule has 6 heteroatoms. The van der Waals surface area contributed by atoms with E-state index in [0.29, 0.717) is 5.75 Å². The lowest BCUT2D eigenvalue weighted by atomic mass is 10.2. The Labute approximate surface area is 156 Å². The molecule has 0 bridgehead atoms. The number of hydrogen-bond acceptors (Lipinski definition) is 4. The second-order valence-corrected chi connectivity index (χ2v) is 8.03. The third-order valence-corrected chi connectivity index (χ3v) is 5.75. The molecule has 1 amide bonds. The number of amides is 1. The standard InChI is InChI=1S/C17H13IN2OS2/c18-13-6-8-14(9-7-13)19-16(21)11-23-17-20-15(10-22-17)12-4-2-1-3-5-12/h1-10H,11H2,(H,19,21). The minimum absolute atomic E-state index is 0.0207. The summed E-state index contributed by atoms with van der Waals surface area (Å²) in [6, 6.07) is 17.8. The lowest BCUT2D eigenvalue weighted by Gasteiger charge is -2.04. The SMILES string of the molecule is O=C(CSc1nc(-c2ccccc2)cs1)Nc1ccc(I)cc1. The van der Waals surface area contributed by atoms with Gasteiger partial charge >= 0.3 is 0 Å². The van der Waals surface area contributed by atoms with Crippen molar-refractivity contribution in [2.75, 3.05) is 11.1 Å². The molecule has 0 spiro atoms. The maximum Gasteiger partial charge on any atom is 0.234 e. The van der Waals surface area contributed by atoms with E-state index in [0.717, 1.165) is 24.9 Å². The van der Waals surface area contributed by atoms with E-state index in [1.807, 2.05) is 60.0 Å². The predicted octanol–water partition coefficient (Wildman–Crippen LogP) is 5.15. The van der Waals surface area contributed by atoms with Gasteiger partial charge in [-0.1, -0.05) is 42.1 Å². The molecular formula is C17H13IN2OS2. The van der Waals surface area contributed by atoms with Crippen LogP contribution in [0.1, 0.15) is 0 Å². The van der Waals surface area contributed by atoms with E-state index in [2.05, 4.69) is 32.9 Å². The fraction of sp³-hybridized carbons (Fsp3) is 0.0588. The number of carbonyl (C=O) groups is 1. The number of anilines is 1. The molecule has 0 saturated carbocycles. The molecule has 0 saturated heterocycles. The first kappa shape index (κ1) is 16.5. The number of hydrogen-bond donors (Lipinski definition) is 1.